The van der Waals surface area contributed by atoms with E-state index >= 15 is 0 Å². The number of nitrogens with two attached hydrogens (primary N) is 1. The highest BCUT2D eigenvalue weighted by Gasteiger charge is 2.01. The largest absolute Gasteiger partial charge is 0.399 e. The van der Waals surface area contributed by atoms with Gasteiger partial charge in [-0.1, -0.05) is 12.1 Å². The Morgan fingerprint density at radius 2 is 1.79 bits per heavy atom. The van der Waals surface area contributed by atoms with Crippen molar-refractivity contribution >= 4 is 23.3 Å². The molecule has 0 saturated carbocycles. The van der Waals surface area contributed by atoms with Crippen LogP contribution in [0, 0.1) is 0 Å². The van der Waals surface area contributed by atoms with Crippen LogP contribution in [0.3, 0.4) is 0 Å². The van der Waals surface area contributed by atoms with Gasteiger partial charge >= 0.3 is 0 Å². The number of hydrogen-bond donors (Lipinski definition) is 1. The summed E-state index contributed by atoms with van der Waals surface area (Å²) in [5.41, 5.74) is 7.43. The minimum Gasteiger partial charge on any atom is -0.399 e. The van der Waals surface area contributed by atoms with Crippen LogP contribution in [0.1, 0.15) is 9.67 Å². The van der Waals surface area contributed by atoms with Crippen molar-refractivity contribution in [3.63, 3.8) is 0 Å². The van der Waals surface area contributed by atoms with E-state index in [-0.39, 0.29) is 0 Å². The van der Waals surface area contributed by atoms with Crippen molar-refractivity contribution in [2.75, 3.05) is 5.73 Å². The van der Waals surface area contributed by atoms with Crippen molar-refractivity contribution in [3.8, 4) is 10.4 Å². The van der Waals surface area contributed by atoms with Gasteiger partial charge in [-0.05, 0) is 29.8 Å². The van der Waals surface area contributed by atoms with Crippen LogP contribution < -0.4 is 5.73 Å². The van der Waals surface area contributed by atoms with Crippen LogP contribution in [0.4, 0.5) is 5.69 Å². The average molecular weight is 203 g/mol. The van der Waals surface area contributed by atoms with Crippen molar-refractivity contribution in [3.05, 3.63) is 41.3 Å². The highest BCUT2D eigenvalue weighted by Crippen LogP contribution is 2.27. The fourth-order valence-corrected chi connectivity index (χ4v) is 2.05. The smallest absolute Gasteiger partial charge is 0.160 e. The molecule has 0 fully saturated rings. The van der Waals surface area contributed by atoms with Gasteiger partial charge in [0.15, 0.2) is 6.29 Å². The topological polar surface area (TPSA) is 43.1 Å². The van der Waals surface area contributed by atoms with Crippen LogP contribution >= 0.6 is 11.3 Å². The maximum Gasteiger partial charge on any atom is 0.160 e. The van der Waals surface area contributed by atoms with Crippen molar-refractivity contribution < 1.29 is 4.79 Å². The zero-order valence-electron chi connectivity index (χ0n) is 7.44. The molecule has 0 bridgehead atoms. The van der Waals surface area contributed by atoms with Gasteiger partial charge < -0.3 is 5.73 Å². The van der Waals surface area contributed by atoms with E-state index in [1.165, 1.54) is 11.3 Å². The molecule has 0 spiro atoms. The summed E-state index contributed by atoms with van der Waals surface area (Å²) in [4.78, 5) is 12.3. The third-order valence-electron chi connectivity index (χ3n) is 1.94. The SMILES string of the molecule is Nc1ccc(-c2ccc(C=O)s2)cc1. The normalized spacial score (nSPS) is 10.0. The first-order valence-corrected chi connectivity index (χ1v) is 5.02. The molecule has 0 radical (unpaired) electrons. The number of carbonyl (C=O) groups is 1. The molecule has 0 aliphatic heterocycles. The monoisotopic (exact) mass is 203 g/mol. The quantitative estimate of drug-likeness (QED) is 0.602. The van der Waals surface area contributed by atoms with E-state index in [2.05, 4.69) is 0 Å². The lowest BCUT2D eigenvalue weighted by Gasteiger charge is -1.97. The second kappa shape index (κ2) is 3.64. The molecular weight excluding hydrogens is 194 g/mol. The Bertz CT molecular complexity index is 445. The van der Waals surface area contributed by atoms with E-state index in [1.54, 1.807) is 0 Å². The number of rotatable bonds is 2. The van der Waals surface area contributed by atoms with Gasteiger partial charge in [0.1, 0.15) is 0 Å². The van der Waals surface area contributed by atoms with Crippen LogP contribution in [0.25, 0.3) is 10.4 Å². The molecule has 2 N–H and O–H groups in total. The zero-order valence-corrected chi connectivity index (χ0v) is 8.25. The third kappa shape index (κ3) is 1.67. The first-order valence-electron chi connectivity index (χ1n) is 4.20. The Kier molecular flexibility index (Phi) is 2.33. The molecule has 0 unspecified atom stereocenters. The second-order valence-corrected chi connectivity index (χ2v) is 4.06. The predicted molar refractivity (Wildman–Crippen MR) is 59.6 cm³/mol. The molecule has 1 heterocycles. The number of nitrogen functional groups attached to an aromatic ring is 1. The summed E-state index contributed by atoms with van der Waals surface area (Å²) in [6.07, 6.45) is 0.867. The minimum absolute atomic E-state index is 0.747. The number of anilines is 1. The Hall–Kier alpha value is -1.61. The van der Waals surface area contributed by atoms with E-state index in [0.29, 0.717) is 0 Å². The van der Waals surface area contributed by atoms with E-state index in [4.69, 9.17) is 5.73 Å². The molecule has 2 rings (SSSR count). The lowest BCUT2D eigenvalue weighted by Crippen LogP contribution is -1.82. The molecule has 0 amide bonds. The standard InChI is InChI=1S/C11H9NOS/c12-9-3-1-8(2-4-9)11-6-5-10(7-13)14-11/h1-7H,12H2. The molecule has 1 aromatic carbocycles. The maximum absolute atomic E-state index is 10.5. The first kappa shape index (κ1) is 8.97. The summed E-state index contributed by atoms with van der Waals surface area (Å²) >= 11 is 1.48. The lowest BCUT2D eigenvalue weighted by atomic mass is 10.2. The molecule has 2 nitrogen and oxygen atoms in total. The van der Waals surface area contributed by atoms with E-state index < -0.39 is 0 Å². The third-order valence-corrected chi connectivity index (χ3v) is 3.00. The molecule has 2 aromatic rings. The van der Waals surface area contributed by atoms with E-state index in [9.17, 15) is 4.79 Å². The number of hydrogen-bond acceptors (Lipinski definition) is 3. The van der Waals surface area contributed by atoms with Crippen molar-refractivity contribution in [2.45, 2.75) is 0 Å². The molecule has 0 aliphatic rings. The summed E-state index contributed by atoms with van der Waals surface area (Å²) < 4.78 is 0. The second-order valence-electron chi connectivity index (χ2n) is 2.94. The Labute approximate surface area is 86.0 Å². The number of carbonyl (C=O) groups excluding carboxylic acids is 1. The van der Waals surface area contributed by atoms with Crippen LogP contribution in [0.15, 0.2) is 36.4 Å². The van der Waals surface area contributed by atoms with Crippen molar-refractivity contribution in [1.29, 1.82) is 0 Å². The number of thiophene rings is 1. The average Bonchev–Trinajstić information content (AvgIpc) is 2.67. The van der Waals surface area contributed by atoms with Gasteiger partial charge in [-0.15, -0.1) is 11.3 Å². The maximum atomic E-state index is 10.5. The summed E-state index contributed by atoms with van der Waals surface area (Å²) in [6, 6.07) is 11.4. The van der Waals surface area contributed by atoms with Gasteiger partial charge in [0.05, 0.1) is 4.88 Å². The number of aldehydes is 1. The first-order chi connectivity index (χ1) is 6.79. The lowest BCUT2D eigenvalue weighted by molar-refractivity contribution is 0.112. The summed E-state index contributed by atoms with van der Waals surface area (Å²) in [7, 11) is 0. The zero-order chi connectivity index (χ0) is 9.97. The predicted octanol–water partition coefficient (Wildman–Crippen LogP) is 2.81. The highest BCUT2D eigenvalue weighted by molar-refractivity contribution is 7.17. The fraction of sp³-hybridized carbons (Fsp3) is 0. The number of benzene rings is 1. The molecule has 0 aliphatic carbocycles. The molecular formula is C11H9NOS. The molecule has 3 heteroatoms. The fourth-order valence-electron chi connectivity index (χ4n) is 1.22. The van der Waals surface area contributed by atoms with E-state index in [0.717, 1.165) is 27.3 Å². The van der Waals surface area contributed by atoms with Crippen molar-refractivity contribution in [2.24, 2.45) is 0 Å². The van der Waals surface area contributed by atoms with Crippen LogP contribution in [0.2, 0.25) is 0 Å². The summed E-state index contributed by atoms with van der Waals surface area (Å²) in [5.74, 6) is 0. The molecule has 0 atom stereocenters. The minimum atomic E-state index is 0.747. The van der Waals surface area contributed by atoms with Crippen LogP contribution in [0.5, 0.6) is 0 Å². The van der Waals surface area contributed by atoms with Gasteiger partial charge in [-0.2, -0.15) is 0 Å². The molecule has 70 valence electrons. The van der Waals surface area contributed by atoms with E-state index in [1.807, 2.05) is 36.4 Å². The van der Waals surface area contributed by atoms with Gasteiger partial charge in [0, 0.05) is 10.6 Å². The van der Waals surface area contributed by atoms with Gasteiger partial charge in [0.25, 0.3) is 0 Å². The highest BCUT2D eigenvalue weighted by atomic mass is 32.1. The summed E-state index contributed by atoms with van der Waals surface area (Å²) in [5, 5.41) is 0. The van der Waals surface area contributed by atoms with Crippen LogP contribution in [-0.4, -0.2) is 6.29 Å². The molecule has 14 heavy (non-hydrogen) atoms. The van der Waals surface area contributed by atoms with Gasteiger partial charge in [-0.3, -0.25) is 4.79 Å². The Balaban J connectivity index is 2.39. The molecule has 0 saturated heterocycles. The summed E-state index contributed by atoms with van der Waals surface area (Å²) in [6.45, 7) is 0. The Morgan fingerprint density at radius 3 is 2.36 bits per heavy atom. The van der Waals surface area contributed by atoms with Gasteiger partial charge in [-0.25, -0.2) is 0 Å². The van der Waals surface area contributed by atoms with Crippen molar-refractivity contribution in [1.82, 2.24) is 0 Å². The Morgan fingerprint density at radius 1 is 1.07 bits per heavy atom. The van der Waals surface area contributed by atoms with Gasteiger partial charge in [0.2, 0.25) is 0 Å². The van der Waals surface area contributed by atoms with Crippen LogP contribution in [-0.2, 0) is 0 Å². The molecule has 1 aromatic heterocycles.